The van der Waals surface area contributed by atoms with E-state index in [1.54, 1.807) is 48.5 Å². The number of nitrogens with zero attached hydrogens (tertiary/aromatic N) is 1. The molecule has 0 radical (unpaired) electrons. The number of ether oxygens (including phenoxy) is 1. The number of thioether (sulfide) groups is 1. The number of hydrogen-bond acceptors (Lipinski definition) is 5. The van der Waals surface area contributed by atoms with Gasteiger partial charge >= 0.3 is 0 Å². The Hall–Kier alpha value is -3.35. The largest absolute Gasteiger partial charge is 0.457 e. The van der Waals surface area contributed by atoms with Gasteiger partial charge in [0.15, 0.2) is 5.78 Å². The Morgan fingerprint density at radius 1 is 0.935 bits per heavy atom. The first kappa shape index (κ1) is 20.9. The third-order valence-electron chi connectivity index (χ3n) is 4.48. The quantitative estimate of drug-likeness (QED) is 0.338. The van der Waals surface area contributed by atoms with Crippen LogP contribution in [0, 0.1) is 0 Å². The third kappa shape index (κ3) is 5.05. The molecule has 7 heteroatoms. The first-order chi connectivity index (χ1) is 15.0. The Bertz CT molecular complexity index is 1180. The van der Waals surface area contributed by atoms with Crippen molar-refractivity contribution in [3.63, 3.8) is 0 Å². The van der Waals surface area contributed by atoms with Crippen LogP contribution in [-0.4, -0.2) is 28.4 Å². The fraction of sp³-hybridized carbons (Fsp3) is 0.0417. The molecule has 0 saturated carbocycles. The molecular formula is C24H16ClNO4S. The Morgan fingerprint density at radius 3 is 2.39 bits per heavy atom. The van der Waals surface area contributed by atoms with Gasteiger partial charge in [0, 0.05) is 10.6 Å². The van der Waals surface area contributed by atoms with Crippen molar-refractivity contribution in [2.75, 3.05) is 6.54 Å². The highest BCUT2D eigenvalue weighted by Crippen LogP contribution is 2.33. The van der Waals surface area contributed by atoms with Gasteiger partial charge in [-0.2, -0.15) is 0 Å². The van der Waals surface area contributed by atoms with Crippen molar-refractivity contribution < 1.29 is 19.1 Å². The summed E-state index contributed by atoms with van der Waals surface area (Å²) in [6.07, 6.45) is 1.62. The highest BCUT2D eigenvalue weighted by molar-refractivity contribution is 8.18. The molecule has 1 saturated heterocycles. The van der Waals surface area contributed by atoms with Gasteiger partial charge in [0.1, 0.15) is 11.5 Å². The first-order valence-electron chi connectivity index (χ1n) is 9.37. The number of amides is 2. The molecule has 0 N–H and O–H groups in total. The monoisotopic (exact) mass is 449 g/mol. The lowest BCUT2D eigenvalue weighted by atomic mass is 10.1. The lowest BCUT2D eigenvalue weighted by molar-refractivity contribution is -0.122. The minimum absolute atomic E-state index is 0.255. The van der Waals surface area contributed by atoms with Crippen LogP contribution in [0.2, 0.25) is 5.02 Å². The van der Waals surface area contributed by atoms with Crippen LogP contribution in [0.15, 0.2) is 83.8 Å². The third-order valence-corrected chi connectivity index (χ3v) is 5.64. The standard InChI is InChI=1S/C24H16ClNO4S/c25-18-11-9-17(10-12-18)21(27)15-26-23(28)22(31-24(26)29)14-16-5-4-8-20(13-16)30-19-6-2-1-3-7-19/h1-14H,15H2/b22-14+. The highest BCUT2D eigenvalue weighted by atomic mass is 35.5. The summed E-state index contributed by atoms with van der Waals surface area (Å²) in [5.41, 5.74) is 1.10. The minimum Gasteiger partial charge on any atom is -0.457 e. The molecule has 5 nitrogen and oxygen atoms in total. The van der Waals surface area contributed by atoms with Gasteiger partial charge in [-0.15, -0.1) is 0 Å². The summed E-state index contributed by atoms with van der Waals surface area (Å²) < 4.78 is 5.81. The number of ketones is 1. The number of rotatable bonds is 6. The Labute approximate surface area is 188 Å². The van der Waals surface area contributed by atoms with Gasteiger partial charge in [0.05, 0.1) is 11.4 Å². The van der Waals surface area contributed by atoms with Gasteiger partial charge in [-0.25, -0.2) is 0 Å². The van der Waals surface area contributed by atoms with Crippen LogP contribution in [0.25, 0.3) is 6.08 Å². The fourth-order valence-electron chi connectivity index (χ4n) is 2.95. The molecule has 3 aromatic carbocycles. The molecule has 1 aliphatic rings. The molecule has 0 bridgehead atoms. The molecule has 0 aromatic heterocycles. The molecule has 0 spiro atoms. The predicted molar refractivity (Wildman–Crippen MR) is 121 cm³/mol. The van der Waals surface area contributed by atoms with E-state index >= 15 is 0 Å². The summed E-state index contributed by atoms with van der Waals surface area (Å²) in [7, 11) is 0. The molecule has 0 atom stereocenters. The van der Waals surface area contributed by atoms with Crippen molar-refractivity contribution in [1.29, 1.82) is 0 Å². The maximum absolute atomic E-state index is 12.7. The second kappa shape index (κ2) is 9.20. The number of hydrogen-bond donors (Lipinski definition) is 0. The highest BCUT2D eigenvalue weighted by Gasteiger charge is 2.36. The zero-order valence-electron chi connectivity index (χ0n) is 16.2. The summed E-state index contributed by atoms with van der Waals surface area (Å²) in [5, 5.41) is 0.0272. The van der Waals surface area contributed by atoms with Crippen molar-refractivity contribution >= 4 is 46.4 Å². The SMILES string of the molecule is O=C(CN1C(=O)S/C(=C/c2cccc(Oc3ccccc3)c2)C1=O)c1ccc(Cl)cc1. The summed E-state index contributed by atoms with van der Waals surface area (Å²) in [4.78, 5) is 38.7. The molecule has 31 heavy (non-hydrogen) atoms. The second-order valence-corrected chi connectivity index (χ2v) is 8.12. The zero-order valence-corrected chi connectivity index (χ0v) is 17.7. The summed E-state index contributed by atoms with van der Waals surface area (Å²) in [5.74, 6) is 0.475. The smallest absolute Gasteiger partial charge is 0.293 e. The van der Waals surface area contributed by atoms with Crippen LogP contribution in [0.4, 0.5) is 4.79 Å². The lowest BCUT2D eigenvalue weighted by Gasteiger charge is -2.11. The van der Waals surface area contributed by atoms with E-state index in [9.17, 15) is 14.4 Å². The summed E-state index contributed by atoms with van der Waals surface area (Å²) >= 11 is 6.65. The van der Waals surface area contributed by atoms with Crippen molar-refractivity contribution in [3.8, 4) is 11.5 Å². The van der Waals surface area contributed by atoms with Crippen molar-refractivity contribution in [2.24, 2.45) is 0 Å². The zero-order chi connectivity index (χ0) is 21.8. The van der Waals surface area contributed by atoms with Gasteiger partial charge in [-0.3, -0.25) is 19.3 Å². The van der Waals surface area contributed by atoms with E-state index in [-0.39, 0.29) is 17.2 Å². The van der Waals surface area contributed by atoms with Gasteiger partial charge in [-0.1, -0.05) is 41.9 Å². The molecule has 1 heterocycles. The molecule has 0 unspecified atom stereocenters. The Balaban J connectivity index is 1.48. The number of Topliss-reactive ketones (excluding diaryl/α,β-unsaturated/α-hetero) is 1. The van der Waals surface area contributed by atoms with Gasteiger partial charge in [0.2, 0.25) is 0 Å². The predicted octanol–water partition coefficient (Wildman–Crippen LogP) is 6.05. The normalized spacial score (nSPS) is 14.9. The fourth-order valence-corrected chi connectivity index (χ4v) is 3.92. The molecule has 154 valence electrons. The van der Waals surface area contributed by atoms with Crippen LogP contribution >= 0.6 is 23.4 Å². The second-order valence-electron chi connectivity index (χ2n) is 6.69. The van der Waals surface area contributed by atoms with E-state index in [0.29, 0.717) is 27.6 Å². The van der Waals surface area contributed by atoms with E-state index in [2.05, 4.69) is 0 Å². The number of carbonyl (C=O) groups is 3. The van der Waals surface area contributed by atoms with Crippen LogP contribution in [0.1, 0.15) is 15.9 Å². The maximum Gasteiger partial charge on any atom is 0.293 e. The average Bonchev–Trinajstić information content (AvgIpc) is 3.02. The number of para-hydroxylation sites is 1. The lowest BCUT2D eigenvalue weighted by Crippen LogP contribution is -2.33. The van der Waals surface area contributed by atoms with Crippen LogP contribution in [-0.2, 0) is 4.79 Å². The van der Waals surface area contributed by atoms with Gasteiger partial charge in [-0.05, 0) is 71.9 Å². The van der Waals surface area contributed by atoms with E-state index < -0.39 is 11.1 Å². The number of halogens is 1. The Kier molecular flexibility index (Phi) is 6.21. The van der Waals surface area contributed by atoms with E-state index in [1.807, 2.05) is 36.4 Å². The van der Waals surface area contributed by atoms with E-state index in [0.717, 1.165) is 16.7 Å². The van der Waals surface area contributed by atoms with Crippen molar-refractivity contribution in [3.05, 3.63) is 99.9 Å². The van der Waals surface area contributed by atoms with Gasteiger partial charge in [0.25, 0.3) is 11.1 Å². The van der Waals surface area contributed by atoms with Crippen LogP contribution < -0.4 is 4.74 Å². The van der Waals surface area contributed by atoms with E-state index in [4.69, 9.17) is 16.3 Å². The minimum atomic E-state index is -0.494. The number of carbonyl (C=O) groups excluding carboxylic acids is 3. The van der Waals surface area contributed by atoms with Crippen LogP contribution in [0.3, 0.4) is 0 Å². The maximum atomic E-state index is 12.7. The van der Waals surface area contributed by atoms with Crippen molar-refractivity contribution in [1.82, 2.24) is 4.90 Å². The van der Waals surface area contributed by atoms with Crippen molar-refractivity contribution in [2.45, 2.75) is 0 Å². The Morgan fingerprint density at radius 2 is 1.65 bits per heavy atom. The molecule has 4 rings (SSSR count). The van der Waals surface area contributed by atoms with Crippen LogP contribution in [0.5, 0.6) is 11.5 Å². The number of imide groups is 1. The van der Waals surface area contributed by atoms with Gasteiger partial charge < -0.3 is 4.74 Å². The molecule has 2 amide bonds. The first-order valence-corrected chi connectivity index (χ1v) is 10.6. The molecular weight excluding hydrogens is 434 g/mol. The summed E-state index contributed by atoms with van der Waals surface area (Å²) in [6, 6.07) is 22.9. The topological polar surface area (TPSA) is 63.7 Å². The summed E-state index contributed by atoms with van der Waals surface area (Å²) in [6.45, 7) is -0.319. The molecule has 1 fully saturated rings. The van der Waals surface area contributed by atoms with E-state index in [1.165, 1.54) is 0 Å². The molecule has 0 aliphatic carbocycles. The molecule has 1 aliphatic heterocycles. The average molecular weight is 450 g/mol. The molecule has 3 aromatic rings. The number of benzene rings is 3.